The first-order valence-electron chi connectivity index (χ1n) is 6.64. The predicted molar refractivity (Wildman–Crippen MR) is 78.2 cm³/mol. The Morgan fingerprint density at radius 1 is 1.45 bits per heavy atom. The Kier molecular flexibility index (Phi) is 4.54. The lowest BCUT2D eigenvalue weighted by Crippen LogP contribution is -2.27. The molecule has 108 valence electrons. The number of carbonyl (C=O) groups excluding carboxylic acids is 1. The third kappa shape index (κ3) is 3.25. The van der Waals surface area contributed by atoms with Crippen molar-refractivity contribution in [3.63, 3.8) is 0 Å². The van der Waals surface area contributed by atoms with Crippen LogP contribution in [0.1, 0.15) is 52.3 Å². The molecule has 0 spiro atoms. The number of hydrogen-bond acceptors (Lipinski definition) is 5. The standard InChI is InChI=1S/C14H19N3O2S/c1-8(2)13-12(9(3)17-19-13)14(18)15-6-5-11-7-20-10(4)16-11/h7-8H,5-6H2,1-4H3,(H,15,18). The first-order chi connectivity index (χ1) is 9.49. The van der Waals surface area contributed by atoms with Crippen LogP contribution in [0.4, 0.5) is 0 Å². The summed E-state index contributed by atoms with van der Waals surface area (Å²) in [6.07, 6.45) is 0.734. The summed E-state index contributed by atoms with van der Waals surface area (Å²) in [7, 11) is 0. The van der Waals surface area contributed by atoms with Crippen molar-refractivity contribution in [1.82, 2.24) is 15.5 Å². The van der Waals surface area contributed by atoms with E-state index in [1.807, 2.05) is 26.2 Å². The van der Waals surface area contributed by atoms with Crippen molar-refractivity contribution in [2.24, 2.45) is 0 Å². The Morgan fingerprint density at radius 3 is 2.80 bits per heavy atom. The minimum atomic E-state index is -0.126. The highest BCUT2D eigenvalue weighted by Crippen LogP contribution is 2.21. The maximum absolute atomic E-state index is 12.2. The Hall–Kier alpha value is -1.69. The van der Waals surface area contributed by atoms with E-state index in [1.54, 1.807) is 18.3 Å². The molecule has 2 aromatic heterocycles. The number of rotatable bonds is 5. The van der Waals surface area contributed by atoms with Gasteiger partial charge in [-0.3, -0.25) is 4.79 Å². The van der Waals surface area contributed by atoms with Crippen molar-refractivity contribution in [2.75, 3.05) is 6.54 Å². The molecule has 0 atom stereocenters. The molecular weight excluding hydrogens is 274 g/mol. The number of aryl methyl sites for hydroxylation is 2. The number of nitrogens with zero attached hydrogens (tertiary/aromatic N) is 2. The molecule has 2 heterocycles. The lowest BCUT2D eigenvalue weighted by Gasteiger charge is -2.06. The first-order valence-corrected chi connectivity index (χ1v) is 7.52. The van der Waals surface area contributed by atoms with Gasteiger partial charge < -0.3 is 9.84 Å². The molecule has 0 aliphatic heterocycles. The Bertz CT molecular complexity index is 601. The van der Waals surface area contributed by atoms with Crippen LogP contribution in [-0.4, -0.2) is 22.6 Å². The molecule has 0 aliphatic rings. The van der Waals surface area contributed by atoms with E-state index < -0.39 is 0 Å². The fourth-order valence-electron chi connectivity index (χ4n) is 1.97. The highest BCUT2D eigenvalue weighted by atomic mass is 32.1. The Labute approximate surface area is 122 Å². The molecule has 0 saturated carbocycles. The average Bonchev–Trinajstić information content (AvgIpc) is 2.95. The molecule has 0 unspecified atom stereocenters. The highest BCUT2D eigenvalue weighted by molar-refractivity contribution is 7.09. The van der Waals surface area contributed by atoms with Gasteiger partial charge in [0, 0.05) is 24.3 Å². The van der Waals surface area contributed by atoms with E-state index in [9.17, 15) is 4.79 Å². The molecule has 6 heteroatoms. The summed E-state index contributed by atoms with van der Waals surface area (Å²) >= 11 is 1.62. The van der Waals surface area contributed by atoms with Gasteiger partial charge in [0.2, 0.25) is 0 Å². The van der Waals surface area contributed by atoms with E-state index in [0.717, 1.165) is 17.1 Å². The monoisotopic (exact) mass is 293 g/mol. The maximum Gasteiger partial charge on any atom is 0.256 e. The fraction of sp³-hybridized carbons (Fsp3) is 0.500. The van der Waals surface area contributed by atoms with E-state index in [2.05, 4.69) is 15.5 Å². The lowest BCUT2D eigenvalue weighted by molar-refractivity contribution is 0.0951. The molecule has 0 bridgehead atoms. The zero-order valence-electron chi connectivity index (χ0n) is 12.2. The molecule has 0 radical (unpaired) electrons. The summed E-state index contributed by atoms with van der Waals surface area (Å²) < 4.78 is 5.22. The summed E-state index contributed by atoms with van der Waals surface area (Å²) in [6, 6.07) is 0. The smallest absolute Gasteiger partial charge is 0.256 e. The van der Waals surface area contributed by atoms with E-state index >= 15 is 0 Å². The van der Waals surface area contributed by atoms with Gasteiger partial charge in [-0.25, -0.2) is 4.98 Å². The normalized spacial score (nSPS) is 11.1. The van der Waals surface area contributed by atoms with Crippen molar-refractivity contribution in [1.29, 1.82) is 0 Å². The van der Waals surface area contributed by atoms with Gasteiger partial charge in [0.05, 0.1) is 16.4 Å². The topological polar surface area (TPSA) is 68.0 Å². The van der Waals surface area contributed by atoms with Crippen molar-refractivity contribution in [2.45, 2.75) is 40.0 Å². The number of amides is 1. The summed E-state index contributed by atoms with van der Waals surface area (Å²) in [5.74, 6) is 0.655. The minimum Gasteiger partial charge on any atom is -0.360 e. The van der Waals surface area contributed by atoms with Crippen LogP contribution in [0.3, 0.4) is 0 Å². The van der Waals surface area contributed by atoms with Crippen LogP contribution in [0.15, 0.2) is 9.90 Å². The molecule has 0 aromatic carbocycles. The van der Waals surface area contributed by atoms with Gasteiger partial charge >= 0.3 is 0 Å². The Morgan fingerprint density at radius 2 is 2.20 bits per heavy atom. The molecule has 5 nitrogen and oxygen atoms in total. The SMILES string of the molecule is Cc1nc(CCNC(=O)c2c(C)noc2C(C)C)cs1. The second-order valence-corrected chi connectivity index (χ2v) is 6.09. The van der Waals surface area contributed by atoms with Crippen LogP contribution in [0.5, 0.6) is 0 Å². The van der Waals surface area contributed by atoms with Crippen LogP contribution >= 0.6 is 11.3 Å². The lowest BCUT2D eigenvalue weighted by atomic mass is 10.0. The second-order valence-electron chi connectivity index (χ2n) is 5.03. The summed E-state index contributed by atoms with van der Waals surface area (Å²) in [4.78, 5) is 16.6. The van der Waals surface area contributed by atoms with Crippen molar-refractivity contribution < 1.29 is 9.32 Å². The summed E-state index contributed by atoms with van der Waals surface area (Å²) in [5.41, 5.74) is 2.21. The van der Waals surface area contributed by atoms with Gasteiger partial charge in [-0.05, 0) is 13.8 Å². The van der Waals surface area contributed by atoms with Crippen LogP contribution in [0.2, 0.25) is 0 Å². The van der Waals surface area contributed by atoms with E-state index in [0.29, 0.717) is 23.6 Å². The van der Waals surface area contributed by atoms with E-state index in [4.69, 9.17) is 4.52 Å². The van der Waals surface area contributed by atoms with E-state index in [1.165, 1.54) is 0 Å². The van der Waals surface area contributed by atoms with Crippen LogP contribution in [-0.2, 0) is 6.42 Å². The van der Waals surface area contributed by atoms with Gasteiger partial charge in [0.15, 0.2) is 5.76 Å². The minimum absolute atomic E-state index is 0.126. The number of carbonyl (C=O) groups is 1. The first kappa shape index (κ1) is 14.7. The molecule has 1 amide bonds. The summed E-state index contributed by atoms with van der Waals surface area (Å²) in [6.45, 7) is 8.28. The van der Waals surface area contributed by atoms with Crippen LogP contribution < -0.4 is 5.32 Å². The molecule has 0 saturated heterocycles. The van der Waals surface area contributed by atoms with E-state index in [-0.39, 0.29) is 11.8 Å². The van der Waals surface area contributed by atoms with Crippen molar-refractivity contribution >= 4 is 17.2 Å². The molecule has 0 aliphatic carbocycles. The molecule has 0 fully saturated rings. The number of aromatic nitrogens is 2. The fourth-order valence-corrected chi connectivity index (χ4v) is 2.62. The number of nitrogens with one attached hydrogen (secondary N) is 1. The van der Waals surface area contributed by atoms with Gasteiger partial charge in [0.1, 0.15) is 5.56 Å². The van der Waals surface area contributed by atoms with Crippen LogP contribution in [0.25, 0.3) is 0 Å². The van der Waals surface area contributed by atoms with Gasteiger partial charge in [-0.15, -0.1) is 11.3 Å². The largest absolute Gasteiger partial charge is 0.360 e. The molecule has 1 N–H and O–H groups in total. The third-order valence-corrected chi connectivity index (χ3v) is 3.80. The quantitative estimate of drug-likeness (QED) is 0.920. The van der Waals surface area contributed by atoms with Crippen molar-refractivity contribution in [3.8, 4) is 0 Å². The Balaban J connectivity index is 1.97. The average molecular weight is 293 g/mol. The van der Waals surface area contributed by atoms with Gasteiger partial charge in [-0.1, -0.05) is 19.0 Å². The maximum atomic E-state index is 12.2. The number of hydrogen-bond donors (Lipinski definition) is 1. The molecular formula is C14H19N3O2S. The zero-order valence-corrected chi connectivity index (χ0v) is 13.0. The molecule has 20 heavy (non-hydrogen) atoms. The van der Waals surface area contributed by atoms with Gasteiger partial charge in [-0.2, -0.15) is 0 Å². The zero-order chi connectivity index (χ0) is 14.7. The predicted octanol–water partition coefficient (Wildman–Crippen LogP) is 2.84. The second kappa shape index (κ2) is 6.17. The molecule has 2 rings (SSSR count). The highest BCUT2D eigenvalue weighted by Gasteiger charge is 2.22. The van der Waals surface area contributed by atoms with Crippen LogP contribution in [0, 0.1) is 13.8 Å². The summed E-state index contributed by atoms with van der Waals surface area (Å²) in [5, 5.41) is 9.85. The molecule has 2 aromatic rings. The van der Waals surface area contributed by atoms with Gasteiger partial charge in [0.25, 0.3) is 5.91 Å². The van der Waals surface area contributed by atoms with Crippen molar-refractivity contribution in [3.05, 3.63) is 33.1 Å². The third-order valence-electron chi connectivity index (χ3n) is 2.97. The number of thiazole rings is 1.